The fourth-order valence-corrected chi connectivity index (χ4v) is 2.79. The molecule has 0 aliphatic carbocycles. The van der Waals surface area contributed by atoms with E-state index in [1.807, 2.05) is 40.9 Å². The summed E-state index contributed by atoms with van der Waals surface area (Å²) in [6.07, 6.45) is 5.65. The Morgan fingerprint density at radius 2 is 2.36 bits per heavy atom. The van der Waals surface area contributed by atoms with E-state index >= 15 is 0 Å². The predicted molar refractivity (Wildman–Crippen MR) is 82.3 cm³/mol. The molecule has 22 heavy (non-hydrogen) atoms. The number of carbonyl (C=O) groups is 1. The van der Waals surface area contributed by atoms with E-state index in [-0.39, 0.29) is 6.03 Å². The van der Waals surface area contributed by atoms with Gasteiger partial charge in [-0.15, -0.1) is 5.10 Å². The molecule has 1 aliphatic heterocycles. The second-order valence-electron chi connectivity index (χ2n) is 5.67. The van der Waals surface area contributed by atoms with Crippen LogP contribution in [0.1, 0.15) is 18.5 Å². The van der Waals surface area contributed by atoms with Gasteiger partial charge in [-0.05, 0) is 37.8 Å². The largest absolute Gasteiger partial charge is 0.324 e. The molecule has 0 saturated carbocycles. The zero-order valence-corrected chi connectivity index (χ0v) is 12.6. The van der Waals surface area contributed by atoms with E-state index in [9.17, 15) is 4.79 Å². The van der Waals surface area contributed by atoms with E-state index in [2.05, 4.69) is 20.6 Å². The van der Waals surface area contributed by atoms with Crippen LogP contribution in [-0.2, 0) is 6.54 Å². The Kier molecular flexibility index (Phi) is 4.32. The number of amides is 2. The average molecular weight is 300 g/mol. The van der Waals surface area contributed by atoms with E-state index < -0.39 is 0 Å². The van der Waals surface area contributed by atoms with Crippen LogP contribution in [-0.4, -0.2) is 44.0 Å². The van der Waals surface area contributed by atoms with Crippen molar-refractivity contribution in [1.29, 1.82) is 0 Å². The lowest BCUT2D eigenvalue weighted by Crippen LogP contribution is -2.43. The molecular formula is C15H20N6O. The number of likely N-dealkylation sites (tertiary alicyclic amines) is 1. The smallest absolute Gasteiger partial charge is 0.323 e. The lowest BCUT2D eigenvalue weighted by Gasteiger charge is -2.32. The van der Waals surface area contributed by atoms with Gasteiger partial charge in [0.05, 0.1) is 6.20 Å². The molecule has 3 heterocycles. The molecule has 1 aliphatic rings. The van der Waals surface area contributed by atoms with Crippen molar-refractivity contribution in [2.24, 2.45) is 5.92 Å². The molecule has 2 aromatic heterocycles. The third-order valence-electron chi connectivity index (χ3n) is 3.85. The number of piperidine rings is 1. The summed E-state index contributed by atoms with van der Waals surface area (Å²) in [6.45, 7) is 4.22. The molecule has 2 aromatic rings. The van der Waals surface area contributed by atoms with Crippen molar-refractivity contribution in [3.05, 3.63) is 36.3 Å². The first kappa shape index (κ1) is 14.5. The van der Waals surface area contributed by atoms with Gasteiger partial charge in [0, 0.05) is 31.5 Å². The summed E-state index contributed by atoms with van der Waals surface area (Å²) in [7, 11) is 0. The van der Waals surface area contributed by atoms with Gasteiger partial charge in [0.1, 0.15) is 5.82 Å². The van der Waals surface area contributed by atoms with Gasteiger partial charge in [-0.3, -0.25) is 10.00 Å². The standard InChI is InChI=1S/C15H20N6O/c1-12-4-2-6-14(17-12)18-15(22)20-8-3-5-13(10-20)11-21-9-7-16-19-21/h2,4,6-7,9,13H,3,5,8,10-11H2,1H3,(H,17,18,22)/t13-/m0/s1. The summed E-state index contributed by atoms with van der Waals surface area (Å²) in [5.41, 5.74) is 0.889. The number of nitrogens with zero attached hydrogens (tertiary/aromatic N) is 5. The maximum absolute atomic E-state index is 12.4. The number of rotatable bonds is 3. The number of aromatic nitrogens is 4. The number of nitrogens with one attached hydrogen (secondary N) is 1. The Balaban J connectivity index is 1.58. The monoisotopic (exact) mass is 300 g/mol. The predicted octanol–water partition coefficient (Wildman–Crippen LogP) is 1.93. The quantitative estimate of drug-likeness (QED) is 0.939. The Morgan fingerprint density at radius 1 is 1.45 bits per heavy atom. The number of urea groups is 1. The molecule has 1 N–H and O–H groups in total. The van der Waals surface area contributed by atoms with Gasteiger partial charge in [-0.2, -0.15) is 0 Å². The number of anilines is 1. The third-order valence-corrected chi connectivity index (χ3v) is 3.85. The van der Waals surface area contributed by atoms with Gasteiger partial charge >= 0.3 is 6.03 Å². The number of carbonyl (C=O) groups excluding carboxylic acids is 1. The van der Waals surface area contributed by atoms with Gasteiger partial charge in [0.2, 0.25) is 0 Å². The van der Waals surface area contributed by atoms with Gasteiger partial charge in [-0.25, -0.2) is 9.78 Å². The van der Waals surface area contributed by atoms with Crippen LogP contribution < -0.4 is 5.32 Å². The Bertz CT molecular complexity index is 627. The number of pyridine rings is 1. The van der Waals surface area contributed by atoms with Crippen LogP contribution >= 0.6 is 0 Å². The van der Waals surface area contributed by atoms with Crippen LogP contribution in [0, 0.1) is 12.8 Å². The lowest BCUT2D eigenvalue weighted by molar-refractivity contribution is 0.168. The summed E-state index contributed by atoms with van der Waals surface area (Å²) >= 11 is 0. The summed E-state index contributed by atoms with van der Waals surface area (Å²) in [6, 6.07) is 5.52. The summed E-state index contributed by atoms with van der Waals surface area (Å²) in [5.74, 6) is 1.01. The van der Waals surface area contributed by atoms with Crippen molar-refractivity contribution in [3.8, 4) is 0 Å². The van der Waals surface area contributed by atoms with E-state index in [1.165, 1.54) is 0 Å². The zero-order chi connectivity index (χ0) is 15.4. The number of aryl methyl sites for hydroxylation is 1. The van der Waals surface area contributed by atoms with Crippen LogP contribution in [0.5, 0.6) is 0 Å². The van der Waals surface area contributed by atoms with Gasteiger partial charge in [0.25, 0.3) is 0 Å². The second-order valence-corrected chi connectivity index (χ2v) is 5.67. The van der Waals surface area contributed by atoms with Crippen LogP contribution in [0.4, 0.5) is 10.6 Å². The van der Waals surface area contributed by atoms with Gasteiger partial charge in [-0.1, -0.05) is 11.3 Å². The highest BCUT2D eigenvalue weighted by atomic mass is 16.2. The summed E-state index contributed by atoms with van der Waals surface area (Å²) in [4.78, 5) is 18.5. The highest BCUT2D eigenvalue weighted by Gasteiger charge is 2.24. The molecule has 1 saturated heterocycles. The molecule has 116 valence electrons. The van der Waals surface area contributed by atoms with Gasteiger partial charge in [0.15, 0.2) is 0 Å². The topological polar surface area (TPSA) is 75.9 Å². The van der Waals surface area contributed by atoms with Gasteiger partial charge < -0.3 is 4.90 Å². The number of hydrogen-bond donors (Lipinski definition) is 1. The van der Waals surface area contributed by atoms with Crippen LogP contribution in [0.25, 0.3) is 0 Å². The maximum Gasteiger partial charge on any atom is 0.323 e. The van der Waals surface area contributed by atoms with Crippen molar-refractivity contribution in [3.63, 3.8) is 0 Å². The normalized spacial score (nSPS) is 18.2. The van der Waals surface area contributed by atoms with Crippen molar-refractivity contribution < 1.29 is 4.79 Å². The van der Waals surface area contributed by atoms with Crippen LogP contribution in [0.2, 0.25) is 0 Å². The first-order chi connectivity index (χ1) is 10.7. The SMILES string of the molecule is Cc1cccc(NC(=O)N2CCC[C@H](Cn3ccnn3)C2)n1. The minimum absolute atomic E-state index is 0.0820. The molecule has 1 fully saturated rings. The molecule has 3 rings (SSSR count). The number of hydrogen-bond acceptors (Lipinski definition) is 4. The van der Waals surface area contributed by atoms with Crippen molar-refractivity contribution in [2.75, 3.05) is 18.4 Å². The lowest BCUT2D eigenvalue weighted by atomic mass is 9.98. The van der Waals surface area contributed by atoms with E-state index in [1.54, 1.807) is 6.20 Å². The Morgan fingerprint density at radius 3 is 3.14 bits per heavy atom. The Hall–Kier alpha value is -2.44. The van der Waals surface area contributed by atoms with E-state index in [0.29, 0.717) is 11.7 Å². The molecular weight excluding hydrogens is 280 g/mol. The second kappa shape index (κ2) is 6.55. The summed E-state index contributed by atoms with van der Waals surface area (Å²) in [5, 5.41) is 10.7. The van der Waals surface area contributed by atoms with E-state index in [4.69, 9.17) is 0 Å². The molecule has 2 amide bonds. The molecule has 1 atom stereocenters. The molecule has 0 bridgehead atoms. The molecule has 7 heteroatoms. The molecule has 0 spiro atoms. The first-order valence-corrected chi connectivity index (χ1v) is 7.54. The van der Waals surface area contributed by atoms with Crippen LogP contribution in [0.3, 0.4) is 0 Å². The highest BCUT2D eigenvalue weighted by Crippen LogP contribution is 2.19. The minimum Gasteiger partial charge on any atom is -0.324 e. The molecule has 7 nitrogen and oxygen atoms in total. The molecule has 0 aromatic carbocycles. The third kappa shape index (κ3) is 3.60. The molecule has 0 unspecified atom stereocenters. The van der Waals surface area contributed by atoms with Crippen LogP contribution in [0.15, 0.2) is 30.6 Å². The first-order valence-electron chi connectivity index (χ1n) is 7.54. The summed E-state index contributed by atoms with van der Waals surface area (Å²) < 4.78 is 1.83. The maximum atomic E-state index is 12.4. The van der Waals surface area contributed by atoms with Crippen molar-refractivity contribution in [1.82, 2.24) is 24.9 Å². The van der Waals surface area contributed by atoms with Crippen molar-refractivity contribution in [2.45, 2.75) is 26.3 Å². The zero-order valence-electron chi connectivity index (χ0n) is 12.6. The fourth-order valence-electron chi connectivity index (χ4n) is 2.79. The highest BCUT2D eigenvalue weighted by molar-refractivity contribution is 5.88. The van der Waals surface area contributed by atoms with Crippen molar-refractivity contribution >= 4 is 11.8 Å². The minimum atomic E-state index is -0.0820. The molecule has 0 radical (unpaired) electrons. The van der Waals surface area contributed by atoms with E-state index in [0.717, 1.165) is 38.2 Å². The fraction of sp³-hybridized carbons (Fsp3) is 0.467. The average Bonchev–Trinajstić information content (AvgIpc) is 3.00. The Labute approximate surface area is 129 Å².